The van der Waals surface area contributed by atoms with Gasteiger partial charge in [-0.2, -0.15) is 0 Å². The highest BCUT2D eigenvalue weighted by Crippen LogP contribution is 2.34. The minimum Gasteiger partial charge on any atom is -0.465 e. The number of rotatable bonds is 8. The van der Waals surface area contributed by atoms with Gasteiger partial charge in [-0.25, -0.2) is 4.79 Å². The highest BCUT2D eigenvalue weighted by molar-refractivity contribution is 8.00. The van der Waals surface area contributed by atoms with E-state index in [-0.39, 0.29) is 17.3 Å². The van der Waals surface area contributed by atoms with Gasteiger partial charge in [0.05, 0.1) is 23.8 Å². The van der Waals surface area contributed by atoms with Crippen molar-refractivity contribution in [3.8, 4) is 0 Å². The molecule has 3 rings (SSSR count). The van der Waals surface area contributed by atoms with E-state index in [1.54, 1.807) is 11.8 Å². The van der Waals surface area contributed by atoms with Gasteiger partial charge in [0.2, 0.25) is 5.91 Å². The number of esters is 1. The van der Waals surface area contributed by atoms with E-state index in [4.69, 9.17) is 4.74 Å². The summed E-state index contributed by atoms with van der Waals surface area (Å²) in [7, 11) is 1.40. The Morgan fingerprint density at radius 3 is 2.85 bits per heavy atom. The third-order valence-electron chi connectivity index (χ3n) is 5.59. The van der Waals surface area contributed by atoms with Gasteiger partial charge in [0.25, 0.3) is 0 Å². The standard InChI is InChI=1S/C20H29NO4S2/c1-25-19(23)16-9-8-15(27-16)6-5-7-18-21(17(22)14-26-18)13-12-20(24)10-3-2-4-11-20/h8-9,18,24H,2-7,10-14H2,1H3. The molecule has 2 heterocycles. The molecule has 1 aromatic rings. The highest BCUT2D eigenvalue weighted by Gasteiger charge is 2.35. The Morgan fingerprint density at radius 2 is 2.11 bits per heavy atom. The molecule has 0 bridgehead atoms. The van der Waals surface area contributed by atoms with Crippen molar-refractivity contribution in [3.63, 3.8) is 0 Å². The van der Waals surface area contributed by atoms with Gasteiger partial charge < -0.3 is 14.7 Å². The maximum absolute atomic E-state index is 12.3. The number of aliphatic hydroxyl groups is 1. The second-order valence-corrected chi connectivity index (χ2v) is 9.87. The van der Waals surface area contributed by atoms with Crippen LogP contribution in [-0.2, 0) is 16.0 Å². The first-order chi connectivity index (χ1) is 13.0. The fourth-order valence-electron chi connectivity index (χ4n) is 3.97. The molecule has 1 aliphatic carbocycles. The Kier molecular flexibility index (Phi) is 7.22. The molecule has 1 amide bonds. The van der Waals surface area contributed by atoms with E-state index in [1.165, 1.54) is 29.7 Å². The molecule has 2 fully saturated rings. The van der Waals surface area contributed by atoms with Crippen molar-refractivity contribution >= 4 is 35.0 Å². The molecule has 1 saturated heterocycles. The summed E-state index contributed by atoms with van der Waals surface area (Å²) in [5.74, 6) is 0.470. The quantitative estimate of drug-likeness (QED) is 0.658. The first kappa shape index (κ1) is 20.7. The number of ether oxygens (including phenoxy) is 1. The van der Waals surface area contributed by atoms with Crippen LogP contribution in [0.3, 0.4) is 0 Å². The van der Waals surface area contributed by atoms with Crippen molar-refractivity contribution < 1.29 is 19.4 Å². The lowest BCUT2D eigenvalue weighted by molar-refractivity contribution is -0.129. The summed E-state index contributed by atoms with van der Waals surface area (Å²) in [5, 5.41) is 10.9. The zero-order valence-electron chi connectivity index (χ0n) is 15.9. The molecule has 0 radical (unpaired) electrons. The molecule has 1 aliphatic heterocycles. The maximum Gasteiger partial charge on any atom is 0.348 e. The van der Waals surface area contributed by atoms with Gasteiger partial charge in [0.15, 0.2) is 0 Å². The largest absolute Gasteiger partial charge is 0.465 e. The van der Waals surface area contributed by atoms with Crippen LogP contribution in [0.25, 0.3) is 0 Å². The molecule has 1 atom stereocenters. The lowest BCUT2D eigenvalue weighted by Gasteiger charge is -2.34. The van der Waals surface area contributed by atoms with Gasteiger partial charge in [0.1, 0.15) is 4.88 Å². The lowest BCUT2D eigenvalue weighted by atomic mass is 9.82. The highest BCUT2D eigenvalue weighted by atomic mass is 32.2. The third-order valence-corrected chi connectivity index (χ3v) is 8.01. The van der Waals surface area contributed by atoms with Gasteiger partial charge in [-0.05, 0) is 50.7 Å². The number of amides is 1. The third kappa shape index (κ3) is 5.48. The van der Waals surface area contributed by atoms with E-state index in [9.17, 15) is 14.7 Å². The second-order valence-electron chi connectivity index (χ2n) is 7.54. The fraction of sp³-hybridized carbons (Fsp3) is 0.700. The van der Waals surface area contributed by atoms with E-state index in [0.29, 0.717) is 23.6 Å². The molecule has 7 heteroatoms. The van der Waals surface area contributed by atoms with Crippen LogP contribution in [0.2, 0.25) is 0 Å². The molecule has 150 valence electrons. The normalized spacial score (nSPS) is 22.2. The number of methoxy groups -OCH3 is 1. The number of carbonyl (C=O) groups excluding carboxylic acids is 2. The monoisotopic (exact) mass is 411 g/mol. The average Bonchev–Trinajstić information content (AvgIpc) is 3.27. The van der Waals surface area contributed by atoms with E-state index in [2.05, 4.69) is 0 Å². The molecule has 2 aliphatic rings. The number of carbonyl (C=O) groups is 2. The Hall–Kier alpha value is -1.05. The van der Waals surface area contributed by atoms with Crippen LogP contribution >= 0.6 is 23.1 Å². The summed E-state index contributed by atoms with van der Waals surface area (Å²) >= 11 is 3.20. The number of hydrogen-bond acceptors (Lipinski definition) is 6. The molecule has 1 N–H and O–H groups in total. The van der Waals surface area contributed by atoms with Gasteiger partial charge >= 0.3 is 5.97 Å². The average molecular weight is 412 g/mol. The predicted molar refractivity (Wildman–Crippen MR) is 109 cm³/mol. The SMILES string of the molecule is COC(=O)c1ccc(CCCC2SCC(=O)N2CCC2(O)CCCCC2)s1. The van der Waals surface area contributed by atoms with Crippen LogP contribution in [-0.4, -0.2) is 52.3 Å². The smallest absolute Gasteiger partial charge is 0.348 e. The van der Waals surface area contributed by atoms with Crippen molar-refractivity contribution in [2.75, 3.05) is 19.4 Å². The van der Waals surface area contributed by atoms with Crippen LogP contribution in [0, 0.1) is 0 Å². The number of nitrogens with zero attached hydrogens (tertiary/aromatic N) is 1. The van der Waals surface area contributed by atoms with Gasteiger partial charge in [-0.3, -0.25) is 4.79 Å². The van der Waals surface area contributed by atoms with Crippen LogP contribution in [0.5, 0.6) is 0 Å². The van der Waals surface area contributed by atoms with E-state index in [0.717, 1.165) is 44.9 Å². The van der Waals surface area contributed by atoms with Gasteiger partial charge in [-0.1, -0.05) is 19.3 Å². The predicted octanol–water partition coefficient (Wildman–Crippen LogP) is 3.84. The Labute approximate surface area is 169 Å². The summed E-state index contributed by atoms with van der Waals surface area (Å²) < 4.78 is 4.75. The van der Waals surface area contributed by atoms with Crippen molar-refractivity contribution in [3.05, 3.63) is 21.9 Å². The second kappa shape index (κ2) is 9.43. The number of thioether (sulfide) groups is 1. The van der Waals surface area contributed by atoms with Gasteiger partial charge in [-0.15, -0.1) is 23.1 Å². The van der Waals surface area contributed by atoms with Crippen molar-refractivity contribution in [1.29, 1.82) is 0 Å². The number of thiophene rings is 1. The first-order valence-corrected chi connectivity index (χ1v) is 11.7. The molecule has 0 spiro atoms. The van der Waals surface area contributed by atoms with Gasteiger partial charge in [0, 0.05) is 11.4 Å². The Bertz CT molecular complexity index is 654. The molecule has 27 heavy (non-hydrogen) atoms. The van der Waals surface area contributed by atoms with Crippen LogP contribution < -0.4 is 0 Å². The molecule has 0 aromatic carbocycles. The van der Waals surface area contributed by atoms with Crippen LogP contribution in [0.4, 0.5) is 0 Å². The summed E-state index contributed by atoms with van der Waals surface area (Å²) in [6.07, 6.45) is 8.67. The van der Waals surface area contributed by atoms with Crippen molar-refractivity contribution in [2.45, 2.75) is 68.8 Å². The maximum atomic E-state index is 12.3. The van der Waals surface area contributed by atoms with Crippen molar-refractivity contribution in [1.82, 2.24) is 4.90 Å². The fourth-order valence-corrected chi connectivity index (χ4v) is 6.18. The minimum absolute atomic E-state index is 0.202. The number of hydrogen-bond donors (Lipinski definition) is 1. The number of aryl methyl sites for hydroxylation is 1. The molecule has 1 aromatic heterocycles. The van der Waals surface area contributed by atoms with Crippen LogP contribution in [0.15, 0.2) is 12.1 Å². The Balaban J connectivity index is 1.46. The summed E-state index contributed by atoms with van der Waals surface area (Å²) in [6, 6.07) is 3.80. The topological polar surface area (TPSA) is 66.8 Å². The van der Waals surface area contributed by atoms with Crippen molar-refractivity contribution in [2.24, 2.45) is 0 Å². The van der Waals surface area contributed by atoms with E-state index < -0.39 is 5.60 Å². The minimum atomic E-state index is -0.572. The summed E-state index contributed by atoms with van der Waals surface area (Å²) in [4.78, 5) is 27.6. The van der Waals surface area contributed by atoms with Crippen LogP contribution in [0.1, 0.15) is 65.9 Å². The summed E-state index contributed by atoms with van der Waals surface area (Å²) in [5.41, 5.74) is -0.572. The molecular weight excluding hydrogens is 382 g/mol. The summed E-state index contributed by atoms with van der Waals surface area (Å²) in [6.45, 7) is 0.665. The molecule has 1 saturated carbocycles. The molecule has 1 unspecified atom stereocenters. The van der Waals surface area contributed by atoms with E-state index >= 15 is 0 Å². The van der Waals surface area contributed by atoms with E-state index in [1.807, 2.05) is 17.0 Å². The first-order valence-electron chi connectivity index (χ1n) is 9.81. The molecule has 5 nitrogen and oxygen atoms in total. The zero-order chi connectivity index (χ0) is 19.3. The Morgan fingerprint density at radius 1 is 1.33 bits per heavy atom. The lowest BCUT2D eigenvalue weighted by Crippen LogP contribution is -2.40. The zero-order valence-corrected chi connectivity index (χ0v) is 17.6. The molecular formula is C20H29NO4S2.